The maximum atomic E-state index is 13.8. The van der Waals surface area contributed by atoms with Gasteiger partial charge in [0, 0.05) is 30.1 Å². The SMILES string of the molecule is CNC(=O)c1cc(NC(=O)c2ccc(OCC(=O)Nc3cccc(OC)c3)cc2)ccc1F. The Kier molecular flexibility index (Phi) is 7.59. The maximum Gasteiger partial charge on any atom is 0.262 e. The van der Waals surface area contributed by atoms with Crippen molar-refractivity contribution in [3.8, 4) is 11.5 Å². The molecule has 0 heterocycles. The lowest BCUT2D eigenvalue weighted by atomic mass is 10.1. The minimum absolute atomic E-state index is 0.175. The Balaban J connectivity index is 1.55. The molecule has 0 aromatic heterocycles. The Morgan fingerprint density at radius 2 is 1.58 bits per heavy atom. The van der Waals surface area contributed by atoms with E-state index in [1.54, 1.807) is 36.4 Å². The van der Waals surface area contributed by atoms with E-state index in [0.29, 0.717) is 22.7 Å². The first-order chi connectivity index (χ1) is 15.9. The lowest BCUT2D eigenvalue weighted by Gasteiger charge is -2.10. The Bertz CT molecular complexity index is 1170. The van der Waals surface area contributed by atoms with Crippen molar-refractivity contribution in [2.45, 2.75) is 0 Å². The van der Waals surface area contributed by atoms with Crippen LogP contribution in [0.4, 0.5) is 15.8 Å². The summed E-state index contributed by atoms with van der Waals surface area (Å²) in [6.07, 6.45) is 0. The van der Waals surface area contributed by atoms with Gasteiger partial charge >= 0.3 is 0 Å². The summed E-state index contributed by atoms with van der Waals surface area (Å²) in [6.45, 7) is -0.222. The summed E-state index contributed by atoms with van der Waals surface area (Å²) in [6, 6.07) is 16.8. The van der Waals surface area contributed by atoms with Crippen LogP contribution in [0.3, 0.4) is 0 Å². The number of hydrogen-bond donors (Lipinski definition) is 3. The summed E-state index contributed by atoms with van der Waals surface area (Å²) >= 11 is 0. The minimum Gasteiger partial charge on any atom is -0.497 e. The van der Waals surface area contributed by atoms with Crippen molar-refractivity contribution in [3.05, 3.63) is 83.7 Å². The maximum absolute atomic E-state index is 13.8. The molecule has 33 heavy (non-hydrogen) atoms. The quantitative estimate of drug-likeness (QED) is 0.486. The van der Waals surface area contributed by atoms with E-state index in [-0.39, 0.29) is 23.8 Å². The smallest absolute Gasteiger partial charge is 0.262 e. The van der Waals surface area contributed by atoms with E-state index >= 15 is 0 Å². The summed E-state index contributed by atoms with van der Waals surface area (Å²) in [7, 11) is 2.93. The number of anilines is 2. The molecule has 0 aliphatic heterocycles. The summed E-state index contributed by atoms with van der Waals surface area (Å²) in [5, 5.41) is 7.65. The standard InChI is InChI=1S/C24H22FN3O5/c1-26-24(31)20-13-17(8-11-21(20)25)28-23(30)15-6-9-18(10-7-15)33-14-22(29)27-16-4-3-5-19(12-16)32-2/h3-13H,14H2,1-2H3,(H,26,31)(H,27,29)(H,28,30). The monoisotopic (exact) mass is 451 g/mol. The molecular weight excluding hydrogens is 429 g/mol. The molecule has 8 nitrogen and oxygen atoms in total. The first kappa shape index (κ1) is 23.3. The zero-order valence-corrected chi connectivity index (χ0v) is 18.0. The van der Waals surface area contributed by atoms with E-state index < -0.39 is 17.6 Å². The van der Waals surface area contributed by atoms with Crippen LogP contribution in [0.1, 0.15) is 20.7 Å². The fraction of sp³-hybridized carbons (Fsp3) is 0.125. The Labute approximate surface area is 189 Å². The van der Waals surface area contributed by atoms with Crippen molar-refractivity contribution in [3.63, 3.8) is 0 Å². The van der Waals surface area contributed by atoms with Gasteiger partial charge in [0.1, 0.15) is 17.3 Å². The highest BCUT2D eigenvalue weighted by Crippen LogP contribution is 2.19. The second-order valence-electron chi connectivity index (χ2n) is 6.82. The molecule has 0 fully saturated rings. The molecule has 0 saturated heterocycles. The number of nitrogens with one attached hydrogen (secondary N) is 3. The van der Waals surface area contributed by atoms with Crippen LogP contribution < -0.4 is 25.4 Å². The van der Waals surface area contributed by atoms with E-state index in [9.17, 15) is 18.8 Å². The normalized spacial score (nSPS) is 10.2. The highest BCUT2D eigenvalue weighted by atomic mass is 19.1. The number of carbonyl (C=O) groups excluding carboxylic acids is 3. The number of carbonyl (C=O) groups is 3. The average Bonchev–Trinajstić information content (AvgIpc) is 2.83. The van der Waals surface area contributed by atoms with E-state index in [1.807, 2.05) is 0 Å². The predicted molar refractivity (Wildman–Crippen MR) is 121 cm³/mol. The molecule has 3 aromatic carbocycles. The molecule has 0 unspecified atom stereocenters. The van der Waals surface area contributed by atoms with Crippen LogP contribution in [0.15, 0.2) is 66.7 Å². The summed E-state index contributed by atoms with van der Waals surface area (Å²) in [5.41, 5.74) is 0.991. The third kappa shape index (κ3) is 6.30. The van der Waals surface area contributed by atoms with Crippen molar-refractivity contribution in [1.29, 1.82) is 0 Å². The third-order valence-corrected chi connectivity index (χ3v) is 4.54. The largest absolute Gasteiger partial charge is 0.497 e. The molecule has 0 aliphatic carbocycles. The number of amides is 3. The van der Waals surface area contributed by atoms with Crippen LogP contribution >= 0.6 is 0 Å². The highest BCUT2D eigenvalue weighted by Gasteiger charge is 2.13. The van der Waals surface area contributed by atoms with Crippen LogP contribution in [0, 0.1) is 5.82 Å². The lowest BCUT2D eigenvalue weighted by Crippen LogP contribution is -2.20. The van der Waals surface area contributed by atoms with Crippen LogP contribution in [0.25, 0.3) is 0 Å². The highest BCUT2D eigenvalue weighted by molar-refractivity contribution is 6.05. The van der Waals surface area contributed by atoms with Crippen molar-refractivity contribution in [2.24, 2.45) is 0 Å². The zero-order valence-electron chi connectivity index (χ0n) is 18.0. The lowest BCUT2D eigenvalue weighted by molar-refractivity contribution is -0.118. The van der Waals surface area contributed by atoms with E-state index in [4.69, 9.17) is 9.47 Å². The zero-order chi connectivity index (χ0) is 23.8. The van der Waals surface area contributed by atoms with Gasteiger partial charge in [-0.1, -0.05) is 6.07 Å². The molecule has 9 heteroatoms. The Morgan fingerprint density at radius 1 is 0.848 bits per heavy atom. The van der Waals surface area contributed by atoms with Crippen molar-refractivity contribution in [2.75, 3.05) is 31.4 Å². The van der Waals surface area contributed by atoms with E-state index in [1.165, 1.54) is 38.4 Å². The topological polar surface area (TPSA) is 106 Å². The molecule has 0 atom stereocenters. The van der Waals surface area contributed by atoms with Crippen LogP contribution in [-0.4, -0.2) is 38.5 Å². The molecule has 0 spiro atoms. The van der Waals surface area contributed by atoms with Crippen molar-refractivity contribution < 1.29 is 28.2 Å². The number of ether oxygens (including phenoxy) is 2. The molecule has 3 aromatic rings. The predicted octanol–water partition coefficient (Wildman–Crippen LogP) is 3.46. The molecule has 0 bridgehead atoms. The molecule has 3 amide bonds. The first-order valence-corrected chi connectivity index (χ1v) is 9.89. The summed E-state index contributed by atoms with van der Waals surface area (Å²) < 4.78 is 24.3. The van der Waals surface area contributed by atoms with Gasteiger partial charge in [-0.25, -0.2) is 4.39 Å². The van der Waals surface area contributed by atoms with Crippen molar-refractivity contribution in [1.82, 2.24) is 5.32 Å². The number of methoxy groups -OCH3 is 1. The van der Waals surface area contributed by atoms with Gasteiger partial charge < -0.3 is 25.4 Å². The Morgan fingerprint density at radius 3 is 2.27 bits per heavy atom. The van der Waals surface area contributed by atoms with Gasteiger partial charge in [0.25, 0.3) is 17.7 Å². The number of hydrogen-bond acceptors (Lipinski definition) is 5. The van der Waals surface area contributed by atoms with E-state index in [0.717, 1.165) is 6.07 Å². The van der Waals surface area contributed by atoms with Gasteiger partial charge in [-0.2, -0.15) is 0 Å². The first-order valence-electron chi connectivity index (χ1n) is 9.89. The summed E-state index contributed by atoms with van der Waals surface area (Å²) in [4.78, 5) is 36.3. The molecule has 170 valence electrons. The van der Waals surface area contributed by atoms with Crippen LogP contribution in [0.5, 0.6) is 11.5 Å². The van der Waals surface area contributed by atoms with Gasteiger partial charge in [0.2, 0.25) is 0 Å². The Hall–Kier alpha value is -4.40. The van der Waals surface area contributed by atoms with Crippen LogP contribution in [-0.2, 0) is 4.79 Å². The van der Waals surface area contributed by atoms with Gasteiger partial charge in [0.05, 0.1) is 12.7 Å². The molecule has 0 radical (unpaired) electrons. The fourth-order valence-corrected chi connectivity index (χ4v) is 2.86. The summed E-state index contributed by atoms with van der Waals surface area (Å²) in [5.74, 6) is -1.07. The minimum atomic E-state index is -0.690. The van der Waals surface area contributed by atoms with Crippen LogP contribution in [0.2, 0.25) is 0 Å². The number of rotatable bonds is 8. The average molecular weight is 451 g/mol. The number of benzene rings is 3. The molecule has 3 rings (SSSR count). The second-order valence-corrected chi connectivity index (χ2v) is 6.82. The molecule has 3 N–H and O–H groups in total. The molecule has 0 saturated carbocycles. The third-order valence-electron chi connectivity index (χ3n) is 4.54. The number of halogens is 1. The van der Waals surface area contributed by atoms with E-state index in [2.05, 4.69) is 16.0 Å². The molecule has 0 aliphatic rings. The van der Waals surface area contributed by atoms with Crippen molar-refractivity contribution >= 4 is 29.1 Å². The van der Waals surface area contributed by atoms with Gasteiger partial charge in [-0.15, -0.1) is 0 Å². The van der Waals surface area contributed by atoms with Gasteiger partial charge in [0.15, 0.2) is 6.61 Å². The second kappa shape index (κ2) is 10.8. The van der Waals surface area contributed by atoms with Gasteiger partial charge in [-0.05, 0) is 54.6 Å². The fourth-order valence-electron chi connectivity index (χ4n) is 2.86. The molecular formula is C24H22FN3O5. The van der Waals surface area contributed by atoms with Gasteiger partial charge in [-0.3, -0.25) is 14.4 Å².